The van der Waals surface area contributed by atoms with Crippen molar-refractivity contribution < 1.29 is 9.35 Å². The summed E-state index contributed by atoms with van der Waals surface area (Å²) < 4.78 is 13.4. The highest BCUT2D eigenvalue weighted by Crippen LogP contribution is 2.48. The van der Waals surface area contributed by atoms with Gasteiger partial charge in [-0.3, -0.25) is 4.79 Å². The van der Waals surface area contributed by atoms with E-state index in [9.17, 15) is 9.35 Å². The number of allylic oxidation sites excluding steroid dienone is 2. The summed E-state index contributed by atoms with van der Waals surface area (Å²) in [6.07, 6.45) is 6.53. The van der Waals surface area contributed by atoms with Crippen molar-refractivity contribution in [2.24, 2.45) is 17.8 Å². The number of amides is 1. The third kappa shape index (κ3) is 0.906. The zero-order valence-electron chi connectivity index (χ0n) is 8.05. The van der Waals surface area contributed by atoms with Crippen LogP contribution in [0.15, 0.2) is 12.2 Å². The molecule has 2 bridgehead atoms. The molecule has 1 unspecified atom stereocenters. The number of hydrogen-bond acceptors (Lipinski definition) is 2. The van der Waals surface area contributed by atoms with Crippen LogP contribution in [0.5, 0.6) is 0 Å². The predicted octanol–water partition coefficient (Wildman–Crippen LogP) is 0.703. The Bertz CT molecular complexity index is 317. The zero-order chi connectivity index (χ0) is 9.87. The van der Waals surface area contributed by atoms with Crippen molar-refractivity contribution in [1.82, 2.24) is 4.31 Å². The minimum atomic E-state index is -1.08. The minimum absolute atomic E-state index is 0.0181. The Kier molecular flexibility index (Phi) is 1.74. The van der Waals surface area contributed by atoms with Gasteiger partial charge in [-0.25, -0.2) is 0 Å². The van der Waals surface area contributed by atoms with Crippen molar-refractivity contribution in [3.8, 4) is 0 Å². The van der Waals surface area contributed by atoms with Gasteiger partial charge in [0.25, 0.3) is 5.91 Å². The Hall–Kier alpha value is -0.480. The van der Waals surface area contributed by atoms with Crippen LogP contribution in [0.4, 0.5) is 0 Å². The van der Waals surface area contributed by atoms with Gasteiger partial charge < -0.3 is 4.55 Å². The Labute approximate surface area is 86.5 Å². The summed E-state index contributed by atoms with van der Waals surface area (Å²) in [7, 11) is 1.66. The lowest BCUT2D eigenvalue weighted by Gasteiger charge is -2.37. The van der Waals surface area contributed by atoms with E-state index in [1.165, 1.54) is 4.31 Å². The van der Waals surface area contributed by atoms with Gasteiger partial charge in [-0.15, -0.1) is 0 Å². The first-order valence-corrected chi connectivity index (χ1v) is 6.23. The SMILES string of the molecule is CN1C(=O)[C@@H]2[C@@H]([C@@H]3C=C[C@H]2CC3)[S+]1[O-]. The monoisotopic (exact) mass is 211 g/mol. The predicted molar refractivity (Wildman–Crippen MR) is 53.5 cm³/mol. The maximum absolute atomic E-state index is 11.9. The fraction of sp³-hybridized carbons (Fsp3) is 0.700. The van der Waals surface area contributed by atoms with Crippen LogP contribution in [0.2, 0.25) is 0 Å². The standard InChI is InChI=1S/C10H13NO2S/c1-11-10(12)8-6-2-4-7(5-3-6)9(8)14(11)13/h2,4,6-9H,3,5H2,1H3/t6-,7+,8-,9+,14?/m0/s1. The molecule has 1 amide bonds. The second-order valence-electron chi connectivity index (χ2n) is 4.39. The van der Waals surface area contributed by atoms with Crippen LogP contribution < -0.4 is 0 Å². The molecule has 4 aliphatic rings. The molecule has 3 nitrogen and oxygen atoms in total. The van der Waals surface area contributed by atoms with Gasteiger partial charge in [0.2, 0.25) is 0 Å². The summed E-state index contributed by atoms with van der Waals surface area (Å²) in [5, 5.41) is 0.0799. The van der Waals surface area contributed by atoms with Crippen LogP contribution in [0.1, 0.15) is 12.8 Å². The third-order valence-electron chi connectivity index (χ3n) is 3.77. The van der Waals surface area contributed by atoms with E-state index >= 15 is 0 Å². The molecule has 4 heteroatoms. The van der Waals surface area contributed by atoms with Gasteiger partial charge in [0.15, 0.2) is 5.25 Å². The Morgan fingerprint density at radius 2 is 2.07 bits per heavy atom. The molecule has 1 saturated heterocycles. The second kappa shape index (κ2) is 2.76. The number of nitrogens with zero attached hydrogens (tertiary/aromatic N) is 1. The number of carbonyl (C=O) groups is 1. The van der Waals surface area contributed by atoms with Crippen LogP contribution in [-0.4, -0.2) is 27.1 Å². The normalized spacial score (nSPS) is 50.0. The maximum Gasteiger partial charge on any atom is 0.272 e. The molecule has 2 fully saturated rings. The van der Waals surface area contributed by atoms with Gasteiger partial charge in [0.1, 0.15) is 0 Å². The maximum atomic E-state index is 11.9. The Morgan fingerprint density at radius 1 is 1.43 bits per heavy atom. The Morgan fingerprint density at radius 3 is 2.64 bits per heavy atom. The fourth-order valence-corrected chi connectivity index (χ4v) is 4.78. The quantitative estimate of drug-likeness (QED) is 0.437. The van der Waals surface area contributed by atoms with E-state index in [-0.39, 0.29) is 17.1 Å². The molecule has 0 aromatic heterocycles. The lowest BCUT2D eigenvalue weighted by atomic mass is 9.68. The first-order chi connectivity index (χ1) is 6.70. The molecule has 1 aliphatic heterocycles. The van der Waals surface area contributed by atoms with Gasteiger partial charge in [0.05, 0.1) is 24.3 Å². The van der Waals surface area contributed by atoms with Crippen molar-refractivity contribution in [2.45, 2.75) is 18.1 Å². The number of carbonyl (C=O) groups excluding carboxylic acids is 1. The number of fused-ring (bicyclic) bond motifs is 1. The molecular formula is C10H13NO2S. The summed E-state index contributed by atoms with van der Waals surface area (Å²) in [5.74, 6) is 0.836. The molecule has 14 heavy (non-hydrogen) atoms. The topological polar surface area (TPSA) is 43.4 Å². The third-order valence-corrected chi connectivity index (χ3v) is 5.60. The first kappa shape index (κ1) is 8.80. The number of rotatable bonds is 0. The highest BCUT2D eigenvalue weighted by atomic mass is 32.2. The van der Waals surface area contributed by atoms with E-state index in [4.69, 9.17) is 0 Å². The molecule has 76 valence electrons. The minimum Gasteiger partial charge on any atom is -0.593 e. The average molecular weight is 211 g/mol. The van der Waals surface area contributed by atoms with Gasteiger partial charge in [-0.1, -0.05) is 12.2 Å². The van der Waals surface area contributed by atoms with Gasteiger partial charge >= 0.3 is 0 Å². The van der Waals surface area contributed by atoms with Crippen molar-refractivity contribution in [3.05, 3.63) is 12.2 Å². The summed E-state index contributed by atoms with van der Waals surface area (Å²) in [6.45, 7) is 0. The molecule has 0 N–H and O–H groups in total. The Balaban J connectivity index is 2.03. The van der Waals surface area contributed by atoms with Crippen molar-refractivity contribution in [3.63, 3.8) is 0 Å². The molecule has 0 radical (unpaired) electrons. The summed E-state index contributed by atoms with van der Waals surface area (Å²) in [5.41, 5.74) is 0. The van der Waals surface area contributed by atoms with Crippen molar-refractivity contribution in [2.75, 3.05) is 7.05 Å². The lowest BCUT2D eigenvalue weighted by Crippen LogP contribution is -2.42. The lowest BCUT2D eigenvalue weighted by molar-refractivity contribution is -0.130. The summed E-state index contributed by atoms with van der Waals surface area (Å²) >= 11 is -1.08. The highest BCUT2D eigenvalue weighted by molar-refractivity contribution is 7.90. The first-order valence-electron chi connectivity index (χ1n) is 5.07. The van der Waals surface area contributed by atoms with Crippen LogP contribution >= 0.6 is 0 Å². The van der Waals surface area contributed by atoms with E-state index in [0.717, 1.165) is 12.8 Å². The van der Waals surface area contributed by atoms with E-state index in [1.807, 2.05) is 0 Å². The van der Waals surface area contributed by atoms with Gasteiger partial charge in [-0.2, -0.15) is 4.31 Å². The molecule has 0 aromatic carbocycles. The van der Waals surface area contributed by atoms with Gasteiger partial charge in [-0.05, 0) is 18.8 Å². The highest BCUT2D eigenvalue weighted by Gasteiger charge is 2.59. The molecule has 4 rings (SSSR count). The smallest absolute Gasteiger partial charge is 0.272 e. The molecule has 3 aliphatic carbocycles. The molecule has 0 aromatic rings. The molecule has 0 spiro atoms. The van der Waals surface area contributed by atoms with E-state index in [1.54, 1.807) is 7.05 Å². The van der Waals surface area contributed by atoms with Crippen molar-refractivity contribution >= 4 is 17.3 Å². The van der Waals surface area contributed by atoms with Crippen LogP contribution in [0.25, 0.3) is 0 Å². The molecule has 1 saturated carbocycles. The largest absolute Gasteiger partial charge is 0.593 e. The van der Waals surface area contributed by atoms with Crippen LogP contribution in [0, 0.1) is 17.8 Å². The molecule has 5 atom stereocenters. The number of hydrogen-bond donors (Lipinski definition) is 0. The van der Waals surface area contributed by atoms with Crippen LogP contribution in [0.3, 0.4) is 0 Å². The summed E-state index contributed by atoms with van der Waals surface area (Å²) in [4.78, 5) is 11.8. The fourth-order valence-electron chi connectivity index (χ4n) is 3.03. The van der Waals surface area contributed by atoms with E-state index in [0.29, 0.717) is 11.8 Å². The second-order valence-corrected chi connectivity index (χ2v) is 6.04. The zero-order valence-corrected chi connectivity index (χ0v) is 8.87. The summed E-state index contributed by atoms with van der Waals surface area (Å²) in [6, 6.07) is 0. The average Bonchev–Trinajstić information content (AvgIpc) is 2.47. The van der Waals surface area contributed by atoms with Crippen LogP contribution in [-0.2, 0) is 16.2 Å². The van der Waals surface area contributed by atoms with E-state index < -0.39 is 11.4 Å². The molecule has 1 heterocycles. The van der Waals surface area contributed by atoms with E-state index in [2.05, 4.69) is 12.2 Å². The van der Waals surface area contributed by atoms with Gasteiger partial charge in [0, 0.05) is 5.92 Å². The molecular weight excluding hydrogens is 198 g/mol. The van der Waals surface area contributed by atoms with Crippen molar-refractivity contribution in [1.29, 1.82) is 0 Å².